The van der Waals surface area contributed by atoms with E-state index in [-0.39, 0.29) is 22.9 Å². The molecule has 108 valence electrons. The van der Waals surface area contributed by atoms with Crippen LogP contribution in [0.4, 0.5) is 18.3 Å². The van der Waals surface area contributed by atoms with Gasteiger partial charge < -0.3 is 10.1 Å². The molecule has 1 aliphatic carbocycles. The van der Waals surface area contributed by atoms with Gasteiger partial charge in [-0.1, -0.05) is 11.3 Å². The molecule has 1 fully saturated rings. The van der Waals surface area contributed by atoms with Gasteiger partial charge in [0.2, 0.25) is 10.1 Å². The molecule has 0 amide bonds. The van der Waals surface area contributed by atoms with Gasteiger partial charge in [-0.15, -0.1) is 10.2 Å². The number of hydrogen-bond acceptors (Lipinski definition) is 5. The number of anilines is 1. The van der Waals surface area contributed by atoms with Crippen LogP contribution < -0.4 is 5.32 Å². The van der Waals surface area contributed by atoms with E-state index in [4.69, 9.17) is 4.74 Å². The SMILES string of the molecule is CC(C)(C)OC1CC(Nc2nnc(C(F)(F)F)s2)C1. The molecule has 0 aliphatic heterocycles. The van der Waals surface area contributed by atoms with E-state index < -0.39 is 11.2 Å². The second kappa shape index (κ2) is 4.90. The lowest BCUT2D eigenvalue weighted by Crippen LogP contribution is -2.44. The monoisotopic (exact) mass is 295 g/mol. The largest absolute Gasteiger partial charge is 0.445 e. The topological polar surface area (TPSA) is 47.0 Å². The van der Waals surface area contributed by atoms with Crippen LogP contribution >= 0.6 is 11.3 Å². The molecule has 19 heavy (non-hydrogen) atoms. The quantitative estimate of drug-likeness (QED) is 0.929. The molecule has 0 saturated heterocycles. The third-order valence-corrected chi connectivity index (χ3v) is 3.51. The van der Waals surface area contributed by atoms with E-state index in [1.54, 1.807) is 0 Å². The van der Waals surface area contributed by atoms with Gasteiger partial charge in [0.05, 0.1) is 11.7 Å². The molecule has 1 aromatic heterocycles. The highest BCUT2D eigenvalue weighted by Crippen LogP contribution is 2.35. The van der Waals surface area contributed by atoms with Gasteiger partial charge in [0.15, 0.2) is 0 Å². The Morgan fingerprint density at radius 1 is 1.21 bits per heavy atom. The first-order valence-electron chi connectivity index (χ1n) is 5.98. The third kappa shape index (κ3) is 4.04. The number of alkyl halides is 3. The molecule has 0 unspecified atom stereocenters. The maximum absolute atomic E-state index is 12.3. The lowest BCUT2D eigenvalue weighted by atomic mass is 9.89. The van der Waals surface area contributed by atoms with Gasteiger partial charge in [-0.25, -0.2) is 0 Å². The van der Waals surface area contributed by atoms with Crippen LogP contribution in [-0.2, 0) is 10.9 Å². The minimum Gasteiger partial charge on any atom is -0.372 e. The summed E-state index contributed by atoms with van der Waals surface area (Å²) >= 11 is 0.533. The standard InChI is InChI=1S/C11H16F3N3OS/c1-10(2,3)18-7-4-6(5-7)15-9-17-16-8(19-9)11(12,13)14/h6-7H,4-5H2,1-3H3,(H,15,17). The molecule has 1 heterocycles. The van der Waals surface area contributed by atoms with Gasteiger partial charge in [0.25, 0.3) is 0 Å². The molecule has 0 spiro atoms. The number of halogens is 3. The number of nitrogens with zero attached hydrogens (tertiary/aromatic N) is 2. The van der Waals surface area contributed by atoms with Crippen LogP contribution in [0.5, 0.6) is 0 Å². The van der Waals surface area contributed by atoms with Crippen molar-refractivity contribution in [2.75, 3.05) is 5.32 Å². The number of nitrogens with one attached hydrogen (secondary N) is 1. The molecule has 0 aromatic carbocycles. The summed E-state index contributed by atoms with van der Waals surface area (Å²) in [5.74, 6) is 0. The van der Waals surface area contributed by atoms with Crippen LogP contribution in [0, 0.1) is 0 Å². The Labute approximate surface area is 113 Å². The van der Waals surface area contributed by atoms with E-state index in [9.17, 15) is 13.2 Å². The average Bonchev–Trinajstić information content (AvgIpc) is 2.60. The van der Waals surface area contributed by atoms with Crippen molar-refractivity contribution in [3.8, 4) is 0 Å². The number of hydrogen-bond donors (Lipinski definition) is 1. The van der Waals surface area contributed by atoms with Gasteiger partial charge in [0, 0.05) is 6.04 Å². The molecule has 0 radical (unpaired) electrons. The first-order valence-corrected chi connectivity index (χ1v) is 6.80. The van der Waals surface area contributed by atoms with Gasteiger partial charge in [0.1, 0.15) is 0 Å². The molecular weight excluding hydrogens is 279 g/mol. The zero-order valence-corrected chi connectivity index (χ0v) is 11.7. The second-order valence-corrected chi connectivity index (χ2v) is 6.55. The molecule has 2 rings (SSSR count). The zero-order chi connectivity index (χ0) is 14.3. The Morgan fingerprint density at radius 3 is 2.32 bits per heavy atom. The van der Waals surface area contributed by atoms with Crippen LogP contribution in [-0.4, -0.2) is 27.9 Å². The third-order valence-electron chi connectivity index (χ3n) is 2.61. The van der Waals surface area contributed by atoms with Gasteiger partial charge in [-0.3, -0.25) is 0 Å². The first-order chi connectivity index (χ1) is 8.63. The second-order valence-electron chi connectivity index (χ2n) is 5.58. The summed E-state index contributed by atoms with van der Waals surface area (Å²) in [5.41, 5.74) is -0.193. The van der Waals surface area contributed by atoms with E-state index in [0.717, 1.165) is 12.8 Å². The van der Waals surface area contributed by atoms with Crippen molar-refractivity contribution in [2.24, 2.45) is 0 Å². The average molecular weight is 295 g/mol. The molecule has 0 atom stereocenters. The van der Waals surface area contributed by atoms with E-state index in [1.165, 1.54) is 0 Å². The zero-order valence-electron chi connectivity index (χ0n) is 10.9. The highest BCUT2D eigenvalue weighted by atomic mass is 32.1. The summed E-state index contributed by atoms with van der Waals surface area (Å²) in [4.78, 5) is 0. The summed E-state index contributed by atoms with van der Waals surface area (Å²) in [6.07, 6.45) is -2.71. The van der Waals surface area contributed by atoms with E-state index >= 15 is 0 Å². The molecule has 0 bridgehead atoms. The Morgan fingerprint density at radius 2 is 1.84 bits per heavy atom. The maximum atomic E-state index is 12.3. The smallest absolute Gasteiger partial charge is 0.372 e. The molecular formula is C11H16F3N3OS. The Hall–Kier alpha value is -0.890. The van der Waals surface area contributed by atoms with Gasteiger partial charge in [-0.05, 0) is 33.6 Å². The van der Waals surface area contributed by atoms with Crippen molar-refractivity contribution in [3.05, 3.63) is 5.01 Å². The van der Waals surface area contributed by atoms with Crippen molar-refractivity contribution in [1.82, 2.24) is 10.2 Å². The maximum Gasteiger partial charge on any atom is 0.445 e. The lowest BCUT2D eigenvalue weighted by Gasteiger charge is -2.39. The molecule has 1 aliphatic rings. The lowest BCUT2D eigenvalue weighted by molar-refractivity contribution is -0.138. The fraction of sp³-hybridized carbons (Fsp3) is 0.818. The minimum absolute atomic E-state index is 0.112. The number of aromatic nitrogens is 2. The Bertz CT molecular complexity index is 435. The number of rotatable bonds is 3. The van der Waals surface area contributed by atoms with Crippen molar-refractivity contribution >= 4 is 16.5 Å². The van der Waals surface area contributed by atoms with Gasteiger partial charge in [-0.2, -0.15) is 13.2 Å². The van der Waals surface area contributed by atoms with E-state index in [0.29, 0.717) is 11.3 Å². The minimum atomic E-state index is -4.42. The van der Waals surface area contributed by atoms with Gasteiger partial charge >= 0.3 is 6.18 Å². The highest BCUT2D eigenvalue weighted by Gasteiger charge is 2.37. The molecule has 8 heteroatoms. The normalized spacial score (nSPS) is 24.1. The summed E-state index contributed by atoms with van der Waals surface area (Å²) in [6, 6.07) is 0.112. The Kier molecular flexibility index (Phi) is 3.74. The van der Waals surface area contributed by atoms with Crippen LogP contribution in [0.3, 0.4) is 0 Å². The van der Waals surface area contributed by atoms with Crippen molar-refractivity contribution in [1.29, 1.82) is 0 Å². The van der Waals surface area contributed by atoms with Crippen molar-refractivity contribution < 1.29 is 17.9 Å². The van der Waals surface area contributed by atoms with Crippen molar-refractivity contribution in [3.63, 3.8) is 0 Å². The summed E-state index contributed by atoms with van der Waals surface area (Å²) < 4.78 is 42.8. The number of ether oxygens (including phenoxy) is 1. The van der Waals surface area contributed by atoms with E-state index in [1.807, 2.05) is 20.8 Å². The Balaban J connectivity index is 1.80. The van der Waals surface area contributed by atoms with Crippen LogP contribution in [0.25, 0.3) is 0 Å². The fourth-order valence-corrected chi connectivity index (χ4v) is 2.54. The first kappa shape index (κ1) is 14.5. The summed E-state index contributed by atoms with van der Waals surface area (Å²) in [7, 11) is 0. The molecule has 1 aromatic rings. The van der Waals surface area contributed by atoms with Crippen molar-refractivity contribution in [2.45, 2.75) is 57.5 Å². The summed E-state index contributed by atoms with van der Waals surface area (Å²) in [5, 5.41) is 8.87. The molecule has 4 nitrogen and oxygen atoms in total. The summed E-state index contributed by atoms with van der Waals surface area (Å²) in [6.45, 7) is 5.94. The highest BCUT2D eigenvalue weighted by molar-refractivity contribution is 7.15. The fourth-order valence-electron chi connectivity index (χ4n) is 1.85. The van der Waals surface area contributed by atoms with E-state index in [2.05, 4.69) is 15.5 Å². The predicted molar refractivity (Wildman–Crippen MR) is 66.2 cm³/mol. The van der Waals surface area contributed by atoms with Crippen LogP contribution in [0.1, 0.15) is 38.6 Å². The van der Waals surface area contributed by atoms with Crippen LogP contribution in [0.15, 0.2) is 0 Å². The molecule has 1 saturated carbocycles. The van der Waals surface area contributed by atoms with Crippen LogP contribution in [0.2, 0.25) is 0 Å². The molecule has 1 N–H and O–H groups in total. The predicted octanol–water partition coefficient (Wildman–Crippen LogP) is 3.31.